The zero-order valence-electron chi connectivity index (χ0n) is 18.3. The Morgan fingerprint density at radius 1 is 0.781 bits per heavy atom. The maximum Gasteiger partial charge on any atom is 0.130 e. The molecule has 2 aliphatic heterocycles. The second-order valence-electron chi connectivity index (χ2n) is 8.96. The van der Waals surface area contributed by atoms with Crippen LogP contribution in [0.15, 0.2) is 61.2 Å². The minimum Gasteiger partial charge on any atom is -0.357 e. The normalized spacial score (nSPS) is 16.9. The number of fused-ring (bicyclic) bond motifs is 1. The van der Waals surface area contributed by atoms with Gasteiger partial charge in [0.05, 0.1) is 17.4 Å². The van der Waals surface area contributed by atoms with Gasteiger partial charge in [-0.1, -0.05) is 6.07 Å². The van der Waals surface area contributed by atoms with Crippen molar-refractivity contribution >= 4 is 16.7 Å². The van der Waals surface area contributed by atoms with Gasteiger partial charge in [0.1, 0.15) is 5.82 Å². The zero-order chi connectivity index (χ0) is 21.3. The van der Waals surface area contributed by atoms with Crippen molar-refractivity contribution in [1.29, 1.82) is 0 Å². The molecule has 6 heteroatoms. The molecule has 32 heavy (non-hydrogen) atoms. The Morgan fingerprint density at radius 2 is 1.62 bits per heavy atom. The highest BCUT2D eigenvalue weighted by molar-refractivity contribution is 5.85. The summed E-state index contributed by atoms with van der Waals surface area (Å²) >= 11 is 0. The third-order valence-corrected chi connectivity index (χ3v) is 6.70. The van der Waals surface area contributed by atoms with Gasteiger partial charge < -0.3 is 4.90 Å². The maximum atomic E-state index is 4.70. The van der Waals surface area contributed by atoms with Gasteiger partial charge in [0.25, 0.3) is 0 Å². The Hall–Kier alpha value is -3.25. The van der Waals surface area contributed by atoms with Gasteiger partial charge in [0, 0.05) is 55.2 Å². The Kier molecular flexibility index (Phi) is 5.07. The summed E-state index contributed by atoms with van der Waals surface area (Å²) in [6.07, 6.45) is 12.9. The SMILES string of the molecule is c1cc(-n2ncc3cc(-c4cncc(CN5CCCC5)c4)ccc32)cc(N2CCCC2)n1. The summed E-state index contributed by atoms with van der Waals surface area (Å²) in [5.74, 6) is 1.04. The number of hydrogen-bond acceptors (Lipinski definition) is 5. The Bertz CT molecular complexity index is 1230. The molecule has 2 saturated heterocycles. The minimum absolute atomic E-state index is 0.989. The smallest absolute Gasteiger partial charge is 0.130 e. The summed E-state index contributed by atoms with van der Waals surface area (Å²) in [7, 11) is 0. The summed E-state index contributed by atoms with van der Waals surface area (Å²) in [6.45, 7) is 5.56. The third kappa shape index (κ3) is 3.75. The Labute approximate surface area is 188 Å². The summed E-state index contributed by atoms with van der Waals surface area (Å²) in [5.41, 5.74) is 5.79. The van der Waals surface area contributed by atoms with Crippen molar-refractivity contribution in [3.05, 3.63) is 66.7 Å². The molecular formula is C26H28N6. The van der Waals surface area contributed by atoms with Gasteiger partial charge in [0.2, 0.25) is 0 Å². The molecule has 0 unspecified atom stereocenters. The van der Waals surface area contributed by atoms with E-state index < -0.39 is 0 Å². The first-order valence-corrected chi connectivity index (χ1v) is 11.7. The van der Waals surface area contributed by atoms with Crippen LogP contribution < -0.4 is 4.90 Å². The van der Waals surface area contributed by atoms with Crippen LogP contribution in [0.1, 0.15) is 31.2 Å². The van der Waals surface area contributed by atoms with Crippen molar-refractivity contribution < 1.29 is 0 Å². The molecule has 162 valence electrons. The molecule has 5 heterocycles. The van der Waals surface area contributed by atoms with Gasteiger partial charge in [-0.05, 0) is 74.2 Å². The molecule has 6 nitrogen and oxygen atoms in total. The molecule has 0 saturated carbocycles. The predicted molar refractivity (Wildman–Crippen MR) is 128 cm³/mol. The lowest BCUT2D eigenvalue weighted by Crippen LogP contribution is -2.19. The van der Waals surface area contributed by atoms with Crippen molar-refractivity contribution in [2.24, 2.45) is 0 Å². The van der Waals surface area contributed by atoms with Crippen molar-refractivity contribution in [3.63, 3.8) is 0 Å². The van der Waals surface area contributed by atoms with E-state index in [0.717, 1.165) is 47.6 Å². The number of pyridine rings is 2. The number of benzene rings is 1. The van der Waals surface area contributed by atoms with Gasteiger partial charge in [-0.2, -0.15) is 5.10 Å². The summed E-state index contributed by atoms with van der Waals surface area (Å²) < 4.78 is 2.02. The highest BCUT2D eigenvalue weighted by Gasteiger charge is 2.15. The van der Waals surface area contributed by atoms with Crippen LogP contribution in [0.2, 0.25) is 0 Å². The number of hydrogen-bond donors (Lipinski definition) is 0. The third-order valence-electron chi connectivity index (χ3n) is 6.70. The topological polar surface area (TPSA) is 50.1 Å². The van der Waals surface area contributed by atoms with Crippen molar-refractivity contribution in [3.8, 4) is 16.8 Å². The van der Waals surface area contributed by atoms with Crippen LogP contribution in [-0.2, 0) is 6.54 Å². The number of anilines is 1. The predicted octanol–water partition coefficient (Wildman–Crippen LogP) is 4.68. The van der Waals surface area contributed by atoms with Gasteiger partial charge >= 0.3 is 0 Å². The Morgan fingerprint density at radius 3 is 2.50 bits per heavy atom. The van der Waals surface area contributed by atoms with Gasteiger partial charge in [0.15, 0.2) is 0 Å². The van der Waals surface area contributed by atoms with E-state index in [-0.39, 0.29) is 0 Å². The summed E-state index contributed by atoms with van der Waals surface area (Å²) in [4.78, 5) is 14.0. The highest BCUT2D eigenvalue weighted by Crippen LogP contribution is 2.28. The molecule has 0 N–H and O–H groups in total. The lowest BCUT2D eigenvalue weighted by atomic mass is 10.0. The molecule has 0 amide bonds. The first-order chi connectivity index (χ1) is 15.8. The number of aromatic nitrogens is 4. The monoisotopic (exact) mass is 424 g/mol. The van der Waals surface area contributed by atoms with E-state index in [4.69, 9.17) is 5.10 Å². The fourth-order valence-electron chi connectivity index (χ4n) is 5.01. The van der Waals surface area contributed by atoms with Crippen LogP contribution in [0.25, 0.3) is 27.7 Å². The molecule has 2 fully saturated rings. The van der Waals surface area contributed by atoms with Crippen LogP contribution in [0, 0.1) is 0 Å². The van der Waals surface area contributed by atoms with Gasteiger partial charge in [-0.3, -0.25) is 9.88 Å². The molecule has 0 spiro atoms. The van der Waals surface area contributed by atoms with Crippen LogP contribution >= 0.6 is 0 Å². The number of likely N-dealkylation sites (tertiary alicyclic amines) is 1. The average Bonchev–Trinajstić information content (AvgIpc) is 3.61. The fourth-order valence-corrected chi connectivity index (χ4v) is 5.01. The van der Waals surface area contributed by atoms with E-state index in [1.54, 1.807) is 0 Å². The van der Waals surface area contributed by atoms with E-state index in [1.165, 1.54) is 49.9 Å². The second-order valence-corrected chi connectivity index (χ2v) is 8.96. The molecule has 0 radical (unpaired) electrons. The zero-order valence-corrected chi connectivity index (χ0v) is 18.3. The van der Waals surface area contributed by atoms with Crippen LogP contribution in [-0.4, -0.2) is 50.8 Å². The lowest BCUT2D eigenvalue weighted by Gasteiger charge is -2.17. The molecule has 6 rings (SSSR count). The highest BCUT2D eigenvalue weighted by atomic mass is 15.3. The quantitative estimate of drug-likeness (QED) is 0.466. The maximum absolute atomic E-state index is 4.70. The van der Waals surface area contributed by atoms with Crippen molar-refractivity contribution in [2.45, 2.75) is 32.2 Å². The standard InChI is InChI=1S/C26H28N6/c1-2-10-30(9-1)19-20-13-22(17-27-16-20)21-5-6-25-23(14-21)18-29-32(25)24-7-8-28-26(15-24)31-11-3-4-12-31/h5-8,13-18H,1-4,9-12,19H2. The first kappa shape index (κ1) is 19.4. The first-order valence-electron chi connectivity index (χ1n) is 11.7. The van der Waals surface area contributed by atoms with Crippen molar-refractivity contribution in [2.75, 3.05) is 31.1 Å². The van der Waals surface area contributed by atoms with E-state index in [0.29, 0.717) is 0 Å². The molecule has 1 aromatic carbocycles. The lowest BCUT2D eigenvalue weighted by molar-refractivity contribution is 0.331. The number of nitrogens with zero attached hydrogens (tertiary/aromatic N) is 6. The largest absolute Gasteiger partial charge is 0.357 e. The fraction of sp³-hybridized carbons (Fsp3) is 0.346. The van der Waals surface area contributed by atoms with E-state index in [2.05, 4.69) is 50.1 Å². The van der Waals surface area contributed by atoms with E-state index in [1.807, 2.05) is 35.5 Å². The molecule has 0 aliphatic carbocycles. The van der Waals surface area contributed by atoms with E-state index >= 15 is 0 Å². The van der Waals surface area contributed by atoms with Crippen molar-refractivity contribution in [1.82, 2.24) is 24.6 Å². The molecule has 2 aliphatic rings. The van der Waals surface area contributed by atoms with Gasteiger partial charge in [-0.15, -0.1) is 0 Å². The van der Waals surface area contributed by atoms with Crippen LogP contribution in [0.3, 0.4) is 0 Å². The van der Waals surface area contributed by atoms with Crippen LogP contribution in [0.4, 0.5) is 5.82 Å². The van der Waals surface area contributed by atoms with Crippen LogP contribution in [0.5, 0.6) is 0 Å². The molecule has 0 bridgehead atoms. The Balaban J connectivity index is 1.29. The molecule has 0 atom stereocenters. The average molecular weight is 425 g/mol. The minimum atomic E-state index is 0.989. The summed E-state index contributed by atoms with van der Waals surface area (Å²) in [6, 6.07) is 13.0. The molecular weight excluding hydrogens is 396 g/mol. The molecule has 4 aromatic rings. The van der Waals surface area contributed by atoms with E-state index in [9.17, 15) is 0 Å². The summed E-state index contributed by atoms with van der Waals surface area (Å²) in [5, 5.41) is 5.83. The second kappa shape index (κ2) is 8.36. The van der Waals surface area contributed by atoms with Gasteiger partial charge in [-0.25, -0.2) is 9.67 Å². The number of rotatable bonds is 5. The molecule has 3 aromatic heterocycles.